The molecule has 0 fully saturated rings. The Balaban J connectivity index is 3.13. The lowest BCUT2D eigenvalue weighted by molar-refractivity contribution is -0.384. The normalized spacial score (nSPS) is 9.74. The van der Waals surface area contributed by atoms with Crippen LogP contribution in [0.1, 0.15) is 23.7 Å². The number of nitro benzene ring substituents is 1. The van der Waals surface area contributed by atoms with Gasteiger partial charge < -0.3 is 4.90 Å². The molecule has 0 radical (unpaired) electrons. The maximum absolute atomic E-state index is 12.3. The van der Waals surface area contributed by atoms with Crippen LogP contribution in [0.2, 0.25) is 0 Å². The topological polar surface area (TPSA) is 63.5 Å². The maximum atomic E-state index is 12.3. The Labute approximate surface area is 125 Å². The summed E-state index contributed by atoms with van der Waals surface area (Å²) in [5, 5.41) is 10.8. The van der Waals surface area contributed by atoms with Crippen molar-refractivity contribution in [1.82, 2.24) is 4.90 Å². The number of halogens is 1. The molecular formula is C13H13IN2O3. The number of rotatable bonds is 5. The Kier molecular flexibility index (Phi) is 5.76. The van der Waals surface area contributed by atoms with E-state index in [1.54, 1.807) is 6.07 Å². The fourth-order valence-electron chi connectivity index (χ4n) is 1.59. The van der Waals surface area contributed by atoms with Gasteiger partial charge in [-0.2, -0.15) is 0 Å². The highest BCUT2D eigenvalue weighted by Crippen LogP contribution is 2.21. The molecule has 1 aromatic carbocycles. The number of carbonyl (C=O) groups excluding carboxylic acids is 1. The van der Waals surface area contributed by atoms with Crippen LogP contribution in [0.15, 0.2) is 18.2 Å². The Bertz CT molecular complexity index is 537. The molecule has 1 rings (SSSR count). The number of nitrogens with zero attached hydrogens (tertiary/aromatic N) is 2. The molecule has 0 unspecified atom stereocenters. The predicted octanol–water partition coefficient (Wildman–Crippen LogP) is 2.68. The second kappa shape index (κ2) is 7.09. The van der Waals surface area contributed by atoms with Gasteiger partial charge in [0.15, 0.2) is 0 Å². The third-order valence-electron chi connectivity index (χ3n) is 2.45. The summed E-state index contributed by atoms with van der Waals surface area (Å²) < 4.78 is 0.673. The number of hydrogen-bond donors (Lipinski definition) is 0. The van der Waals surface area contributed by atoms with E-state index in [4.69, 9.17) is 6.42 Å². The van der Waals surface area contributed by atoms with Gasteiger partial charge in [-0.15, -0.1) is 6.42 Å². The fourth-order valence-corrected chi connectivity index (χ4v) is 2.16. The first-order valence-electron chi connectivity index (χ1n) is 5.68. The van der Waals surface area contributed by atoms with E-state index in [1.165, 1.54) is 17.0 Å². The molecule has 19 heavy (non-hydrogen) atoms. The molecule has 0 atom stereocenters. The monoisotopic (exact) mass is 372 g/mol. The van der Waals surface area contributed by atoms with Crippen LogP contribution < -0.4 is 0 Å². The van der Waals surface area contributed by atoms with Crippen LogP contribution in [-0.4, -0.2) is 28.8 Å². The molecule has 0 aliphatic heterocycles. The van der Waals surface area contributed by atoms with Gasteiger partial charge in [0, 0.05) is 22.2 Å². The van der Waals surface area contributed by atoms with Crippen LogP contribution in [-0.2, 0) is 0 Å². The van der Waals surface area contributed by atoms with Crippen LogP contribution >= 0.6 is 22.6 Å². The van der Waals surface area contributed by atoms with E-state index in [9.17, 15) is 14.9 Å². The lowest BCUT2D eigenvalue weighted by Gasteiger charge is -2.20. The second-order valence-corrected chi connectivity index (χ2v) is 5.01. The number of amides is 1. The Morgan fingerprint density at radius 2 is 2.26 bits per heavy atom. The Morgan fingerprint density at radius 3 is 2.79 bits per heavy atom. The average Bonchev–Trinajstić information content (AvgIpc) is 2.38. The molecule has 0 N–H and O–H groups in total. The highest BCUT2D eigenvalue weighted by atomic mass is 127. The first kappa shape index (κ1) is 15.4. The molecule has 0 aromatic heterocycles. The molecule has 0 spiro atoms. The summed E-state index contributed by atoms with van der Waals surface area (Å²) in [7, 11) is 0. The predicted molar refractivity (Wildman–Crippen MR) is 80.8 cm³/mol. The summed E-state index contributed by atoms with van der Waals surface area (Å²) in [6, 6.07) is 4.24. The zero-order chi connectivity index (χ0) is 14.4. The van der Waals surface area contributed by atoms with E-state index in [2.05, 4.69) is 5.92 Å². The summed E-state index contributed by atoms with van der Waals surface area (Å²) in [5.74, 6) is 2.16. The van der Waals surface area contributed by atoms with Crippen molar-refractivity contribution in [3.63, 3.8) is 0 Å². The zero-order valence-electron chi connectivity index (χ0n) is 10.4. The van der Waals surface area contributed by atoms with Crippen molar-refractivity contribution in [3.05, 3.63) is 37.4 Å². The SMILES string of the molecule is C#CCN(CCC)C(=O)c1cc([N+](=O)[O-])ccc1I. The quantitative estimate of drug-likeness (QED) is 0.346. The van der Waals surface area contributed by atoms with Gasteiger partial charge in [0.25, 0.3) is 11.6 Å². The van der Waals surface area contributed by atoms with E-state index < -0.39 is 4.92 Å². The lowest BCUT2D eigenvalue weighted by Crippen LogP contribution is -2.32. The van der Waals surface area contributed by atoms with Crippen LogP contribution in [0, 0.1) is 26.0 Å². The van der Waals surface area contributed by atoms with Crippen molar-refractivity contribution in [2.75, 3.05) is 13.1 Å². The van der Waals surface area contributed by atoms with Gasteiger partial charge in [0.05, 0.1) is 17.0 Å². The van der Waals surface area contributed by atoms with Gasteiger partial charge in [-0.3, -0.25) is 14.9 Å². The molecule has 0 bridgehead atoms. The average molecular weight is 372 g/mol. The lowest BCUT2D eigenvalue weighted by atomic mass is 10.1. The summed E-state index contributed by atoms with van der Waals surface area (Å²) in [5.41, 5.74) is 0.222. The van der Waals surface area contributed by atoms with Gasteiger partial charge in [-0.1, -0.05) is 12.8 Å². The highest BCUT2D eigenvalue weighted by molar-refractivity contribution is 14.1. The summed E-state index contributed by atoms with van der Waals surface area (Å²) in [6.45, 7) is 2.67. The number of nitro groups is 1. The molecule has 5 nitrogen and oxygen atoms in total. The van der Waals surface area contributed by atoms with Crippen molar-refractivity contribution in [2.24, 2.45) is 0 Å². The minimum absolute atomic E-state index is 0.0964. The molecule has 0 aliphatic rings. The first-order chi connectivity index (χ1) is 9.01. The summed E-state index contributed by atoms with van der Waals surface area (Å²) in [6.07, 6.45) is 6.01. The standard InChI is InChI=1S/C13H13IN2O3/c1-3-7-15(8-4-2)13(17)11-9-10(16(18)19)5-6-12(11)14/h1,5-6,9H,4,7-8H2,2H3. The van der Waals surface area contributed by atoms with E-state index in [0.717, 1.165) is 6.42 Å². The van der Waals surface area contributed by atoms with Gasteiger partial charge in [-0.05, 0) is 35.1 Å². The smallest absolute Gasteiger partial charge is 0.270 e. The van der Waals surface area contributed by atoms with Crippen LogP contribution in [0.4, 0.5) is 5.69 Å². The number of benzene rings is 1. The minimum Gasteiger partial charge on any atom is -0.327 e. The van der Waals surface area contributed by atoms with E-state index in [0.29, 0.717) is 15.7 Å². The van der Waals surface area contributed by atoms with Crippen LogP contribution in [0.25, 0.3) is 0 Å². The number of hydrogen-bond acceptors (Lipinski definition) is 3. The third-order valence-corrected chi connectivity index (χ3v) is 3.39. The minimum atomic E-state index is -0.516. The molecule has 1 aromatic rings. The number of carbonyl (C=O) groups is 1. The molecule has 100 valence electrons. The Hall–Kier alpha value is -1.62. The van der Waals surface area contributed by atoms with E-state index in [-0.39, 0.29) is 18.1 Å². The first-order valence-corrected chi connectivity index (χ1v) is 6.75. The van der Waals surface area contributed by atoms with E-state index >= 15 is 0 Å². The molecular weight excluding hydrogens is 359 g/mol. The fraction of sp³-hybridized carbons (Fsp3) is 0.308. The molecule has 0 saturated carbocycles. The summed E-state index contributed by atoms with van der Waals surface area (Å²) >= 11 is 1.98. The van der Waals surface area contributed by atoms with Crippen molar-refractivity contribution in [3.8, 4) is 12.3 Å². The summed E-state index contributed by atoms with van der Waals surface area (Å²) in [4.78, 5) is 24.1. The van der Waals surface area contributed by atoms with Crippen LogP contribution in [0.5, 0.6) is 0 Å². The zero-order valence-corrected chi connectivity index (χ0v) is 12.6. The van der Waals surface area contributed by atoms with Crippen molar-refractivity contribution < 1.29 is 9.72 Å². The second-order valence-electron chi connectivity index (χ2n) is 3.85. The van der Waals surface area contributed by atoms with Gasteiger partial charge >= 0.3 is 0 Å². The van der Waals surface area contributed by atoms with Crippen LogP contribution in [0.3, 0.4) is 0 Å². The van der Waals surface area contributed by atoms with Crippen molar-refractivity contribution in [2.45, 2.75) is 13.3 Å². The number of terminal acetylenes is 1. The van der Waals surface area contributed by atoms with Crippen molar-refractivity contribution in [1.29, 1.82) is 0 Å². The third kappa shape index (κ3) is 3.92. The molecule has 0 aliphatic carbocycles. The molecule has 0 saturated heterocycles. The molecule has 0 heterocycles. The maximum Gasteiger partial charge on any atom is 0.270 e. The van der Waals surface area contributed by atoms with E-state index in [1.807, 2.05) is 29.5 Å². The Morgan fingerprint density at radius 1 is 1.58 bits per heavy atom. The van der Waals surface area contributed by atoms with Gasteiger partial charge in [0.2, 0.25) is 0 Å². The molecule has 1 amide bonds. The molecule has 6 heteroatoms. The van der Waals surface area contributed by atoms with Gasteiger partial charge in [0.1, 0.15) is 0 Å². The van der Waals surface area contributed by atoms with Gasteiger partial charge in [-0.25, -0.2) is 0 Å². The van der Waals surface area contributed by atoms with Crippen molar-refractivity contribution >= 4 is 34.2 Å². The largest absolute Gasteiger partial charge is 0.327 e. The number of non-ortho nitro benzene ring substituents is 1. The highest BCUT2D eigenvalue weighted by Gasteiger charge is 2.20.